The van der Waals surface area contributed by atoms with E-state index in [4.69, 9.17) is 4.74 Å². The second kappa shape index (κ2) is 8.66. The predicted octanol–water partition coefficient (Wildman–Crippen LogP) is 1.92. The molecule has 0 spiro atoms. The fourth-order valence-electron chi connectivity index (χ4n) is 2.60. The highest BCUT2D eigenvalue weighted by Gasteiger charge is 2.28. The molecule has 1 aromatic carbocycles. The van der Waals surface area contributed by atoms with Crippen molar-refractivity contribution < 1.29 is 17.9 Å². The number of aromatic nitrogens is 1. The van der Waals surface area contributed by atoms with Gasteiger partial charge in [-0.1, -0.05) is 0 Å². The van der Waals surface area contributed by atoms with E-state index in [1.807, 2.05) is 31.1 Å². The number of hydrogen-bond donors (Lipinski definition) is 3. The van der Waals surface area contributed by atoms with E-state index in [9.17, 15) is 13.2 Å². The van der Waals surface area contributed by atoms with Crippen LogP contribution >= 0.6 is 0 Å². The zero-order valence-electron chi connectivity index (χ0n) is 16.6. The average molecular weight is 420 g/mol. The minimum atomic E-state index is -3.64. The van der Waals surface area contributed by atoms with Gasteiger partial charge in [0, 0.05) is 32.9 Å². The molecule has 156 valence electrons. The Labute approximate surface area is 170 Å². The minimum absolute atomic E-state index is 0.00534. The molecule has 1 aliphatic carbocycles. The van der Waals surface area contributed by atoms with Gasteiger partial charge < -0.3 is 20.3 Å². The number of rotatable bonds is 8. The van der Waals surface area contributed by atoms with Crippen LogP contribution in [0.3, 0.4) is 0 Å². The number of benzene rings is 1. The van der Waals surface area contributed by atoms with Gasteiger partial charge in [0.1, 0.15) is 11.6 Å². The Kier molecular flexibility index (Phi) is 6.23. The largest absolute Gasteiger partial charge is 0.495 e. The molecule has 0 saturated heterocycles. The van der Waals surface area contributed by atoms with Crippen LogP contribution in [0, 0.1) is 0 Å². The second-order valence-electron chi connectivity index (χ2n) is 6.98. The smallest absolute Gasteiger partial charge is 0.319 e. The molecule has 1 saturated carbocycles. The van der Waals surface area contributed by atoms with Crippen LogP contribution in [0.15, 0.2) is 41.4 Å². The summed E-state index contributed by atoms with van der Waals surface area (Å²) in [5.41, 5.74) is 1.16. The van der Waals surface area contributed by atoms with Crippen molar-refractivity contribution in [3.63, 3.8) is 0 Å². The molecule has 1 aliphatic rings. The number of anilines is 2. The number of ether oxygens (including phenoxy) is 1. The van der Waals surface area contributed by atoms with Crippen molar-refractivity contribution in [2.24, 2.45) is 0 Å². The summed E-state index contributed by atoms with van der Waals surface area (Å²) in [7, 11) is 1.59. The predicted molar refractivity (Wildman–Crippen MR) is 111 cm³/mol. The molecule has 2 amide bonds. The van der Waals surface area contributed by atoms with E-state index in [0.29, 0.717) is 12.3 Å². The highest BCUT2D eigenvalue weighted by atomic mass is 32.2. The highest BCUT2D eigenvalue weighted by molar-refractivity contribution is 7.89. The molecular weight excluding hydrogens is 394 g/mol. The van der Waals surface area contributed by atoms with Crippen molar-refractivity contribution in [3.05, 3.63) is 42.1 Å². The molecule has 29 heavy (non-hydrogen) atoms. The zero-order valence-corrected chi connectivity index (χ0v) is 17.4. The number of nitrogens with one attached hydrogen (secondary N) is 3. The Bertz CT molecular complexity index is 990. The molecule has 1 aromatic heterocycles. The number of hydrogen-bond acceptors (Lipinski definition) is 6. The number of nitrogens with zero attached hydrogens (tertiary/aromatic N) is 2. The van der Waals surface area contributed by atoms with E-state index >= 15 is 0 Å². The van der Waals surface area contributed by atoms with Gasteiger partial charge in [0.25, 0.3) is 0 Å². The SMILES string of the molecule is COc1ccc(S(=O)(=O)NC2CC2)cc1NC(=O)NCc1ccnc(N(C)C)c1. The van der Waals surface area contributed by atoms with Gasteiger partial charge in [-0.2, -0.15) is 0 Å². The van der Waals surface area contributed by atoms with Crippen molar-refractivity contribution in [1.82, 2.24) is 15.0 Å². The fraction of sp³-hybridized carbons (Fsp3) is 0.368. The van der Waals surface area contributed by atoms with Gasteiger partial charge in [0.2, 0.25) is 10.0 Å². The van der Waals surface area contributed by atoms with Crippen LogP contribution in [-0.2, 0) is 16.6 Å². The van der Waals surface area contributed by atoms with Crippen molar-refractivity contribution >= 4 is 27.6 Å². The van der Waals surface area contributed by atoms with Crippen molar-refractivity contribution in [3.8, 4) is 5.75 Å². The van der Waals surface area contributed by atoms with Gasteiger partial charge in [-0.25, -0.2) is 22.9 Å². The van der Waals surface area contributed by atoms with Crippen molar-refractivity contribution in [1.29, 1.82) is 0 Å². The lowest BCUT2D eigenvalue weighted by molar-refractivity contribution is 0.251. The van der Waals surface area contributed by atoms with Crippen molar-refractivity contribution in [2.45, 2.75) is 30.3 Å². The molecule has 0 bridgehead atoms. The molecule has 0 unspecified atom stereocenters. The summed E-state index contributed by atoms with van der Waals surface area (Å²) in [4.78, 5) is 18.5. The van der Waals surface area contributed by atoms with Crippen LogP contribution < -0.4 is 25.0 Å². The standard InChI is InChI=1S/C19H25N5O4S/c1-24(2)18-10-13(8-9-20-18)12-21-19(25)22-16-11-15(6-7-17(16)28-3)29(26,27)23-14-4-5-14/h6-11,14,23H,4-5,12H2,1-3H3,(H2,21,22,25). The van der Waals surface area contributed by atoms with Gasteiger partial charge in [-0.05, 0) is 48.7 Å². The van der Waals surface area contributed by atoms with E-state index in [1.165, 1.54) is 25.3 Å². The molecule has 3 N–H and O–H groups in total. The molecule has 1 fully saturated rings. The quantitative estimate of drug-likeness (QED) is 0.603. The first-order valence-electron chi connectivity index (χ1n) is 9.16. The maximum atomic E-state index is 12.4. The lowest BCUT2D eigenvalue weighted by Gasteiger charge is -2.14. The van der Waals surface area contributed by atoms with Crippen LogP contribution in [0.2, 0.25) is 0 Å². The summed E-state index contributed by atoms with van der Waals surface area (Å²) in [5.74, 6) is 1.15. The van der Waals surface area contributed by atoms with E-state index in [0.717, 1.165) is 24.2 Å². The lowest BCUT2D eigenvalue weighted by atomic mass is 10.2. The number of amides is 2. The van der Waals surface area contributed by atoms with E-state index in [2.05, 4.69) is 20.3 Å². The average Bonchev–Trinajstić information content (AvgIpc) is 3.50. The molecule has 0 atom stereocenters. The monoisotopic (exact) mass is 419 g/mol. The summed E-state index contributed by atoms with van der Waals surface area (Å²) in [6, 6.07) is 7.56. The summed E-state index contributed by atoms with van der Waals surface area (Å²) in [5, 5.41) is 5.41. The van der Waals surface area contributed by atoms with E-state index in [1.54, 1.807) is 6.20 Å². The molecule has 2 aromatic rings. The Morgan fingerprint density at radius 3 is 2.66 bits per heavy atom. The first-order chi connectivity index (χ1) is 13.8. The maximum absolute atomic E-state index is 12.4. The van der Waals surface area contributed by atoms with Crippen LogP contribution in [0.4, 0.5) is 16.3 Å². The van der Waals surface area contributed by atoms with Gasteiger partial charge in [0.05, 0.1) is 17.7 Å². The Hall–Kier alpha value is -2.85. The van der Waals surface area contributed by atoms with Crippen LogP contribution in [0.5, 0.6) is 5.75 Å². The van der Waals surface area contributed by atoms with E-state index < -0.39 is 16.1 Å². The summed E-state index contributed by atoms with van der Waals surface area (Å²) < 4.78 is 32.7. The number of urea groups is 1. The first kappa shape index (κ1) is 20.9. The van der Waals surface area contributed by atoms with Crippen molar-refractivity contribution in [2.75, 3.05) is 31.4 Å². The third-order valence-electron chi connectivity index (χ3n) is 4.35. The van der Waals surface area contributed by atoms with Gasteiger partial charge in [0.15, 0.2) is 0 Å². The van der Waals surface area contributed by atoms with Gasteiger partial charge in [-0.3, -0.25) is 0 Å². The Balaban J connectivity index is 1.68. The van der Waals surface area contributed by atoms with Crippen LogP contribution in [0.25, 0.3) is 0 Å². The number of carbonyl (C=O) groups is 1. The fourth-order valence-corrected chi connectivity index (χ4v) is 3.94. The molecular formula is C19H25N5O4S. The summed E-state index contributed by atoms with van der Waals surface area (Å²) in [6.07, 6.45) is 3.36. The first-order valence-corrected chi connectivity index (χ1v) is 10.6. The van der Waals surface area contributed by atoms with Crippen LogP contribution in [-0.4, -0.2) is 46.7 Å². The molecule has 3 rings (SSSR count). The zero-order chi connectivity index (χ0) is 21.0. The summed E-state index contributed by atoms with van der Waals surface area (Å²) in [6.45, 7) is 0.290. The van der Waals surface area contributed by atoms with E-state index in [-0.39, 0.29) is 16.6 Å². The normalized spacial score (nSPS) is 13.6. The number of methoxy groups -OCH3 is 1. The molecule has 1 heterocycles. The third kappa shape index (κ3) is 5.58. The number of sulfonamides is 1. The third-order valence-corrected chi connectivity index (χ3v) is 5.87. The molecule has 10 heteroatoms. The molecule has 9 nitrogen and oxygen atoms in total. The van der Waals surface area contributed by atoms with Gasteiger partial charge in [-0.15, -0.1) is 0 Å². The van der Waals surface area contributed by atoms with Crippen LogP contribution in [0.1, 0.15) is 18.4 Å². The second-order valence-corrected chi connectivity index (χ2v) is 8.70. The summed E-state index contributed by atoms with van der Waals surface area (Å²) >= 11 is 0. The number of pyridine rings is 1. The number of carbonyl (C=O) groups excluding carboxylic acids is 1. The van der Waals surface area contributed by atoms with Gasteiger partial charge >= 0.3 is 6.03 Å². The minimum Gasteiger partial charge on any atom is -0.495 e. The topological polar surface area (TPSA) is 113 Å². The maximum Gasteiger partial charge on any atom is 0.319 e. The molecule has 0 radical (unpaired) electrons. The molecule has 0 aliphatic heterocycles. The highest BCUT2D eigenvalue weighted by Crippen LogP contribution is 2.29. The lowest BCUT2D eigenvalue weighted by Crippen LogP contribution is -2.29. The Morgan fingerprint density at radius 1 is 1.24 bits per heavy atom. The Morgan fingerprint density at radius 2 is 2.00 bits per heavy atom.